The summed E-state index contributed by atoms with van der Waals surface area (Å²) < 4.78 is 1.98. The fraction of sp³-hybridized carbons (Fsp3) is 0.333. The van der Waals surface area contributed by atoms with E-state index in [1.165, 1.54) is 0 Å². The van der Waals surface area contributed by atoms with E-state index in [1.54, 1.807) is 6.08 Å². The maximum absolute atomic E-state index is 11.9. The molecule has 1 amide bonds. The maximum atomic E-state index is 11.9. The van der Waals surface area contributed by atoms with E-state index >= 15 is 0 Å². The maximum Gasteiger partial charge on any atom is 0.240 e. The lowest BCUT2D eigenvalue weighted by Crippen LogP contribution is -2.28. The molecule has 100 valence electrons. The quantitative estimate of drug-likeness (QED) is 0.836. The molecule has 0 saturated heterocycles. The number of hydrogen-bond acceptors (Lipinski definition) is 2. The SMILES string of the molecule is C=CCNC(=O)Cn1c(C(C)C)nc2ccccc21. The number of benzene rings is 1. The zero-order valence-electron chi connectivity index (χ0n) is 11.4. The smallest absolute Gasteiger partial charge is 0.240 e. The fourth-order valence-electron chi connectivity index (χ4n) is 2.09. The van der Waals surface area contributed by atoms with E-state index in [-0.39, 0.29) is 11.8 Å². The number of para-hydroxylation sites is 2. The standard InChI is InChI=1S/C15H19N3O/c1-4-9-16-14(19)10-18-13-8-6-5-7-12(13)17-15(18)11(2)3/h4-8,11H,1,9-10H2,2-3H3,(H,16,19). The average Bonchev–Trinajstić information content (AvgIpc) is 2.76. The molecule has 0 unspecified atom stereocenters. The Labute approximate surface area is 113 Å². The number of imidazole rings is 1. The fourth-order valence-corrected chi connectivity index (χ4v) is 2.09. The highest BCUT2D eigenvalue weighted by atomic mass is 16.1. The van der Waals surface area contributed by atoms with Crippen LogP contribution in [0, 0.1) is 0 Å². The predicted octanol–water partition coefficient (Wildman–Crippen LogP) is 2.46. The van der Waals surface area contributed by atoms with Gasteiger partial charge in [0.15, 0.2) is 0 Å². The summed E-state index contributed by atoms with van der Waals surface area (Å²) in [6.45, 7) is 8.54. The van der Waals surface area contributed by atoms with Gasteiger partial charge in [0.25, 0.3) is 0 Å². The van der Waals surface area contributed by atoms with Crippen molar-refractivity contribution in [3.05, 3.63) is 42.7 Å². The van der Waals surface area contributed by atoms with Gasteiger partial charge in [0.2, 0.25) is 5.91 Å². The van der Waals surface area contributed by atoms with E-state index in [1.807, 2.05) is 28.8 Å². The van der Waals surface area contributed by atoms with E-state index in [9.17, 15) is 4.79 Å². The Morgan fingerprint density at radius 2 is 2.21 bits per heavy atom. The second-order valence-electron chi connectivity index (χ2n) is 4.79. The molecule has 4 heteroatoms. The molecule has 2 rings (SSSR count). The van der Waals surface area contributed by atoms with Crippen LogP contribution in [0.2, 0.25) is 0 Å². The molecule has 0 radical (unpaired) electrons. The molecular weight excluding hydrogens is 238 g/mol. The number of amides is 1. The van der Waals surface area contributed by atoms with Crippen molar-refractivity contribution in [2.45, 2.75) is 26.3 Å². The average molecular weight is 257 g/mol. The summed E-state index contributed by atoms with van der Waals surface area (Å²) in [6.07, 6.45) is 1.67. The molecule has 2 aromatic rings. The molecule has 19 heavy (non-hydrogen) atoms. The number of carbonyl (C=O) groups excluding carboxylic acids is 1. The normalized spacial score (nSPS) is 10.9. The van der Waals surface area contributed by atoms with Gasteiger partial charge in [-0.15, -0.1) is 6.58 Å². The Balaban J connectivity index is 2.36. The Hall–Kier alpha value is -2.10. The summed E-state index contributed by atoms with van der Waals surface area (Å²) in [5.74, 6) is 1.19. The van der Waals surface area contributed by atoms with Crippen LogP contribution in [0.1, 0.15) is 25.6 Å². The van der Waals surface area contributed by atoms with Crippen LogP contribution < -0.4 is 5.32 Å². The second kappa shape index (κ2) is 5.69. The van der Waals surface area contributed by atoms with Crippen LogP contribution in [0.25, 0.3) is 11.0 Å². The largest absolute Gasteiger partial charge is 0.351 e. The first kappa shape index (κ1) is 13.3. The number of nitrogens with one attached hydrogen (secondary N) is 1. The molecule has 0 saturated carbocycles. The van der Waals surface area contributed by atoms with Crippen molar-refractivity contribution in [1.29, 1.82) is 0 Å². The summed E-state index contributed by atoms with van der Waals surface area (Å²) in [7, 11) is 0. The zero-order valence-corrected chi connectivity index (χ0v) is 11.4. The first-order chi connectivity index (χ1) is 9.13. The third kappa shape index (κ3) is 2.84. The van der Waals surface area contributed by atoms with E-state index in [4.69, 9.17) is 0 Å². The van der Waals surface area contributed by atoms with Gasteiger partial charge in [0.1, 0.15) is 12.4 Å². The van der Waals surface area contributed by atoms with Gasteiger partial charge in [0, 0.05) is 12.5 Å². The third-order valence-corrected chi connectivity index (χ3v) is 2.95. The first-order valence-electron chi connectivity index (χ1n) is 6.46. The first-order valence-corrected chi connectivity index (χ1v) is 6.46. The number of hydrogen-bond donors (Lipinski definition) is 1. The van der Waals surface area contributed by atoms with Crippen molar-refractivity contribution in [3.8, 4) is 0 Å². The van der Waals surface area contributed by atoms with Crippen molar-refractivity contribution in [2.75, 3.05) is 6.54 Å². The molecule has 0 spiro atoms. The van der Waals surface area contributed by atoms with E-state index in [0.717, 1.165) is 16.9 Å². The van der Waals surface area contributed by atoms with Crippen LogP contribution in [0.4, 0.5) is 0 Å². The summed E-state index contributed by atoms with van der Waals surface area (Å²) >= 11 is 0. The minimum absolute atomic E-state index is 0.0232. The van der Waals surface area contributed by atoms with Gasteiger partial charge >= 0.3 is 0 Å². The molecule has 1 N–H and O–H groups in total. The Bertz CT molecular complexity index is 598. The zero-order chi connectivity index (χ0) is 13.8. The lowest BCUT2D eigenvalue weighted by molar-refractivity contribution is -0.121. The van der Waals surface area contributed by atoms with E-state index < -0.39 is 0 Å². The topological polar surface area (TPSA) is 46.9 Å². The molecular formula is C15H19N3O. The predicted molar refractivity (Wildman–Crippen MR) is 77.0 cm³/mol. The van der Waals surface area contributed by atoms with Gasteiger partial charge < -0.3 is 9.88 Å². The highest BCUT2D eigenvalue weighted by Gasteiger charge is 2.15. The molecule has 0 aliphatic rings. The Morgan fingerprint density at radius 3 is 2.89 bits per heavy atom. The molecule has 0 bridgehead atoms. The number of aromatic nitrogens is 2. The minimum Gasteiger partial charge on any atom is -0.351 e. The second-order valence-corrected chi connectivity index (χ2v) is 4.79. The molecule has 0 aliphatic heterocycles. The molecule has 1 heterocycles. The highest BCUT2D eigenvalue weighted by Crippen LogP contribution is 2.21. The summed E-state index contributed by atoms with van der Waals surface area (Å²) in [4.78, 5) is 16.5. The van der Waals surface area contributed by atoms with E-state index in [2.05, 4.69) is 30.7 Å². The van der Waals surface area contributed by atoms with Gasteiger partial charge in [0.05, 0.1) is 11.0 Å². The van der Waals surface area contributed by atoms with E-state index in [0.29, 0.717) is 13.1 Å². The van der Waals surface area contributed by atoms with Crippen molar-refractivity contribution in [3.63, 3.8) is 0 Å². The summed E-state index contributed by atoms with van der Waals surface area (Å²) in [5, 5.41) is 2.80. The Morgan fingerprint density at radius 1 is 1.47 bits per heavy atom. The minimum atomic E-state index is -0.0232. The van der Waals surface area contributed by atoms with Gasteiger partial charge in [-0.3, -0.25) is 4.79 Å². The van der Waals surface area contributed by atoms with Crippen LogP contribution in [0.3, 0.4) is 0 Å². The number of carbonyl (C=O) groups is 1. The highest BCUT2D eigenvalue weighted by molar-refractivity contribution is 5.81. The van der Waals surface area contributed by atoms with Gasteiger partial charge in [-0.1, -0.05) is 32.1 Å². The van der Waals surface area contributed by atoms with Crippen LogP contribution in [-0.2, 0) is 11.3 Å². The number of rotatable bonds is 5. The number of nitrogens with zero attached hydrogens (tertiary/aromatic N) is 2. The van der Waals surface area contributed by atoms with Gasteiger partial charge in [-0.25, -0.2) is 4.98 Å². The molecule has 1 aromatic carbocycles. The van der Waals surface area contributed by atoms with Crippen molar-refractivity contribution in [2.24, 2.45) is 0 Å². The van der Waals surface area contributed by atoms with Crippen LogP contribution in [0.15, 0.2) is 36.9 Å². The molecule has 0 aliphatic carbocycles. The molecule has 1 aromatic heterocycles. The third-order valence-electron chi connectivity index (χ3n) is 2.95. The lowest BCUT2D eigenvalue weighted by Gasteiger charge is -2.11. The van der Waals surface area contributed by atoms with Crippen molar-refractivity contribution < 1.29 is 4.79 Å². The van der Waals surface area contributed by atoms with Crippen molar-refractivity contribution >= 4 is 16.9 Å². The molecule has 4 nitrogen and oxygen atoms in total. The number of fused-ring (bicyclic) bond motifs is 1. The molecule has 0 atom stereocenters. The lowest BCUT2D eigenvalue weighted by atomic mass is 10.2. The monoisotopic (exact) mass is 257 g/mol. The van der Waals surface area contributed by atoms with Gasteiger partial charge in [-0.05, 0) is 12.1 Å². The molecule has 0 fully saturated rings. The summed E-state index contributed by atoms with van der Waals surface area (Å²) in [6, 6.07) is 7.89. The van der Waals surface area contributed by atoms with Gasteiger partial charge in [-0.2, -0.15) is 0 Å². The van der Waals surface area contributed by atoms with Crippen LogP contribution in [0.5, 0.6) is 0 Å². The van der Waals surface area contributed by atoms with Crippen molar-refractivity contribution in [1.82, 2.24) is 14.9 Å². The van der Waals surface area contributed by atoms with Crippen LogP contribution in [-0.4, -0.2) is 22.0 Å². The van der Waals surface area contributed by atoms with Crippen LogP contribution >= 0.6 is 0 Å². The summed E-state index contributed by atoms with van der Waals surface area (Å²) in [5.41, 5.74) is 1.93. The Kier molecular flexibility index (Phi) is 4.00.